The molecule has 0 aliphatic heterocycles. The van der Waals surface area contributed by atoms with Crippen molar-refractivity contribution in [3.8, 4) is 5.75 Å². The Kier molecular flexibility index (Phi) is 4.60. The van der Waals surface area contributed by atoms with Crippen molar-refractivity contribution in [3.63, 3.8) is 0 Å². The summed E-state index contributed by atoms with van der Waals surface area (Å²) in [5.41, 5.74) is 0.329. The summed E-state index contributed by atoms with van der Waals surface area (Å²) in [6.45, 7) is 1.76. The number of benzene rings is 4. The summed E-state index contributed by atoms with van der Waals surface area (Å²) in [5.74, 6) is -0.101. The highest BCUT2D eigenvalue weighted by atomic mass is 79.9. The largest absolute Gasteiger partial charge is 0.497 e. The van der Waals surface area contributed by atoms with E-state index in [1.165, 1.54) is 0 Å². The normalized spacial score (nSPS) is 13.4. The number of carboxylic acid groups (broad SMARTS) is 1. The van der Waals surface area contributed by atoms with E-state index >= 15 is 0 Å². The molecular formula is C24H19BrO3. The molecule has 0 saturated carbocycles. The molecule has 0 heterocycles. The molecule has 0 bridgehead atoms. The molecule has 1 unspecified atom stereocenters. The highest BCUT2D eigenvalue weighted by Crippen LogP contribution is 2.37. The van der Waals surface area contributed by atoms with Crippen LogP contribution in [0.3, 0.4) is 0 Å². The number of rotatable bonds is 4. The van der Waals surface area contributed by atoms with E-state index < -0.39 is 11.4 Å². The maximum atomic E-state index is 12.4. The lowest BCUT2D eigenvalue weighted by atomic mass is 9.75. The SMILES string of the molecule is COc1ccc2cc(C(C)(C(=O)O)c3ccc4c(Br)cccc4c3)ccc2c1. The quantitative estimate of drug-likeness (QED) is 0.418. The summed E-state index contributed by atoms with van der Waals surface area (Å²) < 4.78 is 6.27. The van der Waals surface area contributed by atoms with Crippen molar-refractivity contribution in [2.24, 2.45) is 0 Å². The second-order valence-electron chi connectivity index (χ2n) is 7.03. The number of carboxylic acids is 1. The third kappa shape index (κ3) is 2.94. The topological polar surface area (TPSA) is 46.5 Å². The first-order valence-corrected chi connectivity index (χ1v) is 9.73. The second-order valence-corrected chi connectivity index (χ2v) is 7.89. The van der Waals surface area contributed by atoms with Gasteiger partial charge in [-0.1, -0.05) is 58.4 Å². The lowest BCUT2D eigenvalue weighted by Crippen LogP contribution is -2.33. The lowest BCUT2D eigenvalue weighted by molar-refractivity contribution is -0.141. The first-order valence-electron chi connectivity index (χ1n) is 8.94. The third-order valence-electron chi connectivity index (χ3n) is 5.46. The van der Waals surface area contributed by atoms with Crippen molar-refractivity contribution in [1.29, 1.82) is 0 Å². The first-order chi connectivity index (χ1) is 13.4. The minimum atomic E-state index is -1.16. The number of fused-ring (bicyclic) bond motifs is 2. The molecule has 140 valence electrons. The Bertz CT molecular complexity index is 1220. The van der Waals surface area contributed by atoms with Gasteiger partial charge in [0.2, 0.25) is 0 Å². The van der Waals surface area contributed by atoms with Crippen molar-refractivity contribution in [3.05, 3.63) is 88.4 Å². The van der Waals surface area contributed by atoms with Crippen LogP contribution in [0.5, 0.6) is 5.75 Å². The van der Waals surface area contributed by atoms with E-state index in [2.05, 4.69) is 15.9 Å². The Morgan fingerprint density at radius 1 is 0.893 bits per heavy atom. The van der Waals surface area contributed by atoms with E-state index in [1.54, 1.807) is 14.0 Å². The zero-order chi connectivity index (χ0) is 19.9. The van der Waals surface area contributed by atoms with Gasteiger partial charge in [-0.2, -0.15) is 0 Å². The number of hydrogen-bond donors (Lipinski definition) is 1. The molecule has 0 aromatic heterocycles. The molecular weight excluding hydrogens is 416 g/mol. The Morgan fingerprint density at radius 3 is 2.25 bits per heavy atom. The average molecular weight is 435 g/mol. The summed E-state index contributed by atoms with van der Waals surface area (Å²) in [5, 5.41) is 14.2. The zero-order valence-electron chi connectivity index (χ0n) is 15.6. The predicted octanol–water partition coefficient (Wildman–Crippen LogP) is 6.15. The first kappa shape index (κ1) is 18.5. The van der Waals surface area contributed by atoms with Crippen LogP contribution in [-0.2, 0) is 10.2 Å². The van der Waals surface area contributed by atoms with Gasteiger partial charge in [-0.25, -0.2) is 0 Å². The fraction of sp³-hybridized carbons (Fsp3) is 0.125. The average Bonchev–Trinajstić information content (AvgIpc) is 2.72. The Hall–Kier alpha value is -2.85. The van der Waals surface area contributed by atoms with Crippen molar-refractivity contribution in [1.82, 2.24) is 0 Å². The summed E-state index contributed by atoms with van der Waals surface area (Å²) in [4.78, 5) is 12.4. The number of aliphatic carboxylic acids is 1. The summed E-state index contributed by atoms with van der Waals surface area (Å²) in [6.07, 6.45) is 0. The molecule has 3 nitrogen and oxygen atoms in total. The number of ether oxygens (including phenoxy) is 1. The van der Waals surface area contributed by atoms with Gasteiger partial charge < -0.3 is 9.84 Å². The van der Waals surface area contributed by atoms with Gasteiger partial charge in [-0.3, -0.25) is 4.79 Å². The number of methoxy groups -OCH3 is 1. The summed E-state index contributed by atoms with van der Waals surface area (Å²) in [7, 11) is 1.63. The second kappa shape index (κ2) is 6.95. The number of hydrogen-bond acceptors (Lipinski definition) is 2. The highest BCUT2D eigenvalue weighted by molar-refractivity contribution is 9.10. The molecule has 0 radical (unpaired) electrons. The molecule has 0 aliphatic carbocycles. The standard InChI is InChI=1S/C24H19BrO3/c1-24(23(26)27,19-9-11-21-17(13-19)4-3-5-22(21)25)18-8-6-16-14-20(28-2)10-7-15(16)12-18/h3-14H,1-2H3,(H,26,27). The van der Waals surface area contributed by atoms with Crippen LogP contribution in [0.15, 0.2) is 77.3 Å². The minimum absolute atomic E-state index is 0.743. The van der Waals surface area contributed by atoms with Crippen molar-refractivity contribution >= 4 is 43.4 Å². The Balaban J connectivity index is 1.90. The predicted molar refractivity (Wildman–Crippen MR) is 116 cm³/mol. The van der Waals surface area contributed by atoms with E-state index in [0.717, 1.165) is 42.9 Å². The molecule has 0 aliphatic rings. The summed E-state index contributed by atoms with van der Waals surface area (Å²) in [6, 6.07) is 23.4. The van der Waals surface area contributed by atoms with Crippen LogP contribution in [-0.4, -0.2) is 18.2 Å². The molecule has 1 N–H and O–H groups in total. The van der Waals surface area contributed by atoms with Crippen molar-refractivity contribution in [2.75, 3.05) is 7.11 Å². The highest BCUT2D eigenvalue weighted by Gasteiger charge is 2.37. The smallest absolute Gasteiger partial charge is 0.318 e. The van der Waals surface area contributed by atoms with Crippen LogP contribution in [0.25, 0.3) is 21.5 Å². The number of halogens is 1. The molecule has 0 fully saturated rings. The van der Waals surface area contributed by atoms with E-state index in [1.807, 2.05) is 72.8 Å². The van der Waals surface area contributed by atoms with E-state index in [4.69, 9.17) is 4.74 Å². The lowest BCUT2D eigenvalue weighted by Gasteiger charge is -2.27. The van der Waals surface area contributed by atoms with Gasteiger partial charge in [0.15, 0.2) is 0 Å². The van der Waals surface area contributed by atoms with Gasteiger partial charge in [0.25, 0.3) is 0 Å². The molecule has 4 aromatic rings. The van der Waals surface area contributed by atoms with Crippen LogP contribution in [0, 0.1) is 0 Å². The Morgan fingerprint density at radius 2 is 1.54 bits per heavy atom. The van der Waals surface area contributed by atoms with Gasteiger partial charge in [0.1, 0.15) is 11.2 Å². The van der Waals surface area contributed by atoms with Crippen LogP contribution < -0.4 is 4.74 Å². The molecule has 1 atom stereocenters. The number of carbonyl (C=O) groups is 1. The zero-order valence-corrected chi connectivity index (χ0v) is 17.2. The molecule has 0 spiro atoms. The van der Waals surface area contributed by atoms with E-state index in [-0.39, 0.29) is 0 Å². The Labute approximate surface area is 171 Å². The third-order valence-corrected chi connectivity index (χ3v) is 6.15. The van der Waals surface area contributed by atoms with Gasteiger partial charge >= 0.3 is 5.97 Å². The van der Waals surface area contributed by atoms with Crippen LogP contribution in [0.4, 0.5) is 0 Å². The van der Waals surface area contributed by atoms with Gasteiger partial charge in [-0.15, -0.1) is 0 Å². The van der Waals surface area contributed by atoms with Crippen LogP contribution in [0.1, 0.15) is 18.1 Å². The molecule has 0 saturated heterocycles. The van der Waals surface area contributed by atoms with Gasteiger partial charge in [0, 0.05) is 4.47 Å². The molecule has 4 heteroatoms. The van der Waals surface area contributed by atoms with Crippen LogP contribution in [0.2, 0.25) is 0 Å². The maximum absolute atomic E-state index is 12.4. The molecule has 4 aromatic carbocycles. The minimum Gasteiger partial charge on any atom is -0.497 e. The van der Waals surface area contributed by atoms with Crippen molar-refractivity contribution in [2.45, 2.75) is 12.3 Å². The van der Waals surface area contributed by atoms with Gasteiger partial charge in [-0.05, 0) is 69.9 Å². The fourth-order valence-corrected chi connectivity index (χ4v) is 4.14. The van der Waals surface area contributed by atoms with Gasteiger partial charge in [0.05, 0.1) is 7.11 Å². The van der Waals surface area contributed by atoms with E-state index in [9.17, 15) is 9.90 Å². The summed E-state index contributed by atoms with van der Waals surface area (Å²) >= 11 is 3.56. The fourth-order valence-electron chi connectivity index (χ4n) is 3.63. The van der Waals surface area contributed by atoms with Crippen molar-refractivity contribution < 1.29 is 14.6 Å². The monoisotopic (exact) mass is 434 g/mol. The van der Waals surface area contributed by atoms with E-state index in [0.29, 0.717) is 0 Å². The molecule has 4 rings (SSSR count). The molecule has 28 heavy (non-hydrogen) atoms. The van der Waals surface area contributed by atoms with Crippen LogP contribution >= 0.6 is 15.9 Å². The molecule has 0 amide bonds. The maximum Gasteiger partial charge on any atom is 0.318 e.